The summed E-state index contributed by atoms with van der Waals surface area (Å²) in [6.45, 7) is 5.62. The fourth-order valence-electron chi connectivity index (χ4n) is 4.35. The number of ether oxygens (including phenoxy) is 2. The zero-order valence-electron chi connectivity index (χ0n) is 18.2. The van der Waals surface area contributed by atoms with Crippen LogP contribution in [0, 0.1) is 0 Å². The Labute approximate surface area is 183 Å². The molecule has 0 aliphatic carbocycles. The summed E-state index contributed by atoms with van der Waals surface area (Å²) >= 11 is 0. The van der Waals surface area contributed by atoms with Gasteiger partial charge in [0.2, 0.25) is 0 Å². The summed E-state index contributed by atoms with van der Waals surface area (Å²) in [6.07, 6.45) is 0. The zero-order valence-corrected chi connectivity index (χ0v) is 18.2. The van der Waals surface area contributed by atoms with Crippen molar-refractivity contribution in [2.75, 3.05) is 52.3 Å². The number of piperazine rings is 1. The minimum atomic E-state index is 0.0102. The lowest BCUT2D eigenvalue weighted by atomic mass is 10.0. The monoisotopic (exact) mass is 421 g/mol. The minimum Gasteiger partial charge on any atom is -0.497 e. The second-order valence-electron chi connectivity index (χ2n) is 8.11. The van der Waals surface area contributed by atoms with Crippen molar-refractivity contribution in [1.82, 2.24) is 0 Å². The van der Waals surface area contributed by atoms with Crippen LogP contribution in [0.4, 0.5) is 5.69 Å². The number of rotatable bonds is 7. The molecule has 31 heavy (non-hydrogen) atoms. The van der Waals surface area contributed by atoms with Crippen LogP contribution >= 0.6 is 0 Å². The molecule has 3 N–H and O–H groups in total. The van der Waals surface area contributed by atoms with Gasteiger partial charge in [0.15, 0.2) is 6.54 Å². The third-order valence-electron chi connectivity index (χ3n) is 6.08. The molecule has 1 saturated heterocycles. The fraction of sp³-hybridized carbons (Fsp3) is 0.320. The Morgan fingerprint density at radius 1 is 0.903 bits per heavy atom. The highest BCUT2D eigenvalue weighted by Crippen LogP contribution is 2.28. The number of quaternary nitrogens is 2. The number of carbonyl (C=O) groups excluding carboxylic acids is 1. The van der Waals surface area contributed by atoms with Crippen molar-refractivity contribution in [2.24, 2.45) is 0 Å². The van der Waals surface area contributed by atoms with E-state index in [9.17, 15) is 4.79 Å². The second kappa shape index (κ2) is 9.81. The molecule has 6 nitrogen and oxygen atoms in total. The van der Waals surface area contributed by atoms with Gasteiger partial charge in [0.1, 0.15) is 44.2 Å². The van der Waals surface area contributed by atoms with E-state index in [-0.39, 0.29) is 5.91 Å². The summed E-state index contributed by atoms with van der Waals surface area (Å²) in [6, 6.07) is 20.6. The molecule has 1 heterocycles. The molecule has 0 radical (unpaired) electrons. The van der Waals surface area contributed by atoms with Crippen molar-refractivity contribution < 1.29 is 24.1 Å². The number of hydrogen-bond donors (Lipinski definition) is 3. The van der Waals surface area contributed by atoms with E-state index in [1.54, 1.807) is 25.2 Å². The first kappa shape index (κ1) is 21.2. The highest BCUT2D eigenvalue weighted by molar-refractivity contribution is 5.93. The minimum absolute atomic E-state index is 0.0102. The summed E-state index contributed by atoms with van der Waals surface area (Å²) in [7, 11) is 3.20. The topological polar surface area (TPSA) is 56.4 Å². The number of nitrogens with one attached hydrogen (secondary N) is 3. The van der Waals surface area contributed by atoms with Crippen LogP contribution in [0.1, 0.15) is 5.56 Å². The van der Waals surface area contributed by atoms with Crippen LogP contribution in [-0.2, 0) is 11.3 Å². The summed E-state index contributed by atoms with van der Waals surface area (Å²) in [5.41, 5.74) is 2.08. The Hall–Kier alpha value is -3.09. The van der Waals surface area contributed by atoms with Gasteiger partial charge in [-0.3, -0.25) is 4.79 Å². The smallest absolute Gasteiger partial charge is 0.279 e. The Balaban J connectivity index is 1.30. The Bertz CT molecular complexity index is 1040. The number of methoxy groups -OCH3 is 2. The molecule has 4 rings (SSSR count). The molecular formula is C25H31N3O3+2. The van der Waals surface area contributed by atoms with E-state index in [1.807, 2.05) is 12.1 Å². The van der Waals surface area contributed by atoms with Gasteiger partial charge in [-0.15, -0.1) is 0 Å². The molecule has 1 aliphatic heterocycles. The van der Waals surface area contributed by atoms with Crippen LogP contribution in [0.3, 0.4) is 0 Å². The molecular weight excluding hydrogens is 390 g/mol. The molecule has 0 spiro atoms. The molecule has 0 unspecified atom stereocenters. The van der Waals surface area contributed by atoms with Gasteiger partial charge in [0.05, 0.1) is 19.9 Å². The lowest BCUT2D eigenvalue weighted by molar-refractivity contribution is -1.01. The van der Waals surface area contributed by atoms with E-state index in [4.69, 9.17) is 9.47 Å². The summed E-state index contributed by atoms with van der Waals surface area (Å²) in [5, 5.41) is 5.63. The third-order valence-corrected chi connectivity index (χ3v) is 6.08. The van der Waals surface area contributed by atoms with Gasteiger partial charge >= 0.3 is 0 Å². The van der Waals surface area contributed by atoms with Gasteiger partial charge in [-0.25, -0.2) is 0 Å². The lowest BCUT2D eigenvalue weighted by Gasteiger charge is -2.29. The van der Waals surface area contributed by atoms with Crippen LogP contribution < -0.4 is 24.6 Å². The lowest BCUT2D eigenvalue weighted by Crippen LogP contribution is -3.28. The average Bonchev–Trinajstić information content (AvgIpc) is 2.81. The van der Waals surface area contributed by atoms with Crippen LogP contribution in [0.5, 0.6) is 11.5 Å². The van der Waals surface area contributed by atoms with E-state index >= 15 is 0 Å². The normalized spacial score (nSPS) is 18.5. The predicted molar refractivity (Wildman–Crippen MR) is 122 cm³/mol. The van der Waals surface area contributed by atoms with Gasteiger partial charge < -0.3 is 24.6 Å². The number of anilines is 1. The molecule has 1 fully saturated rings. The standard InChI is InChI=1S/C25H29N3O3/c1-30-21-10-11-23(24(16-21)31-2)26-25(29)18-28-14-12-27(13-15-28)17-20-8-5-7-19-6-3-4-9-22(19)20/h3-11,16H,12-15,17-18H2,1-2H3,(H,26,29)/p+2. The third kappa shape index (κ3) is 5.16. The average molecular weight is 422 g/mol. The van der Waals surface area contributed by atoms with Gasteiger partial charge in [-0.2, -0.15) is 0 Å². The van der Waals surface area contributed by atoms with Crippen molar-refractivity contribution in [1.29, 1.82) is 0 Å². The van der Waals surface area contributed by atoms with Crippen molar-refractivity contribution in [3.8, 4) is 11.5 Å². The first-order valence-electron chi connectivity index (χ1n) is 10.8. The van der Waals surface area contributed by atoms with E-state index < -0.39 is 0 Å². The summed E-state index contributed by atoms with van der Waals surface area (Å²) in [4.78, 5) is 15.5. The summed E-state index contributed by atoms with van der Waals surface area (Å²) < 4.78 is 10.6. The highest BCUT2D eigenvalue weighted by atomic mass is 16.5. The largest absolute Gasteiger partial charge is 0.497 e. The highest BCUT2D eigenvalue weighted by Gasteiger charge is 2.25. The second-order valence-corrected chi connectivity index (χ2v) is 8.11. The Morgan fingerprint density at radius 3 is 2.42 bits per heavy atom. The van der Waals surface area contributed by atoms with Crippen molar-refractivity contribution in [3.63, 3.8) is 0 Å². The number of carbonyl (C=O) groups is 1. The van der Waals surface area contributed by atoms with Crippen molar-refractivity contribution >= 4 is 22.4 Å². The van der Waals surface area contributed by atoms with Crippen LogP contribution in [0.2, 0.25) is 0 Å². The molecule has 1 aliphatic rings. The quantitative estimate of drug-likeness (QED) is 0.529. The van der Waals surface area contributed by atoms with Crippen molar-refractivity contribution in [3.05, 3.63) is 66.2 Å². The molecule has 6 heteroatoms. The Kier molecular flexibility index (Phi) is 6.70. The Morgan fingerprint density at radius 2 is 1.65 bits per heavy atom. The number of amides is 1. The molecule has 0 aromatic heterocycles. The van der Waals surface area contributed by atoms with Gasteiger partial charge in [0, 0.05) is 11.6 Å². The van der Waals surface area contributed by atoms with Crippen LogP contribution in [0.25, 0.3) is 10.8 Å². The molecule has 0 bridgehead atoms. The first-order valence-corrected chi connectivity index (χ1v) is 10.8. The maximum absolute atomic E-state index is 12.6. The molecule has 3 aromatic carbocycles. The SMILES string of the molecule is COc1ccc(NC(=O)C[NH+]2CC[NH+](Cc3cccc4ccccc34)CC2)c(OC)c1. The van der Waals surface area contributed by atoms with E-state index in [0.29, 0.717) is 23.7 Å². The molecule has 0 saturated carbocycles. The van der Waals surface area contributed by atoms with Crippen LogP contribution in [-0.4, -0.2) is 52.9 Å². The zero-order chi connectivity index (χ0) is 21.6. The molecule has 0 atom stereocenters. The van der Waals surface area contributed by atoms with E-state index in [1.165, 1.54) is 21.2 Å². The van der Waals surface area contributed by atoms with Crippen LogP contribution in [0.15, 0.2) is 60.7 Å². The van der Waals surface area contributed by atoms with Gasteiger partial charge in [-0.1, -0.05) is 42.5 Å². The summed E-state index contributed by atoms with van der Waals surface area (Å²) in [5.74, 6) is 1.31. The molecule has 1 amide bonds. The van der Waals surface area contributed by atoms with Gasteiger partial charge in [0.25, 0.3) is 5.91 Å². The fourth-order valence-corrected chi connectivity index (χ4v) is 4.35. The number of hydrogen-bond acceptors (Lipinski definition) is 3. The predicted octanol–water partition coefficient (Wildman–Crippen LogP) is 0.779. The molecule has 3 aromatic rings. The van der Waals surface area contributed by atoms with Crippen molar-refractivity contribution in [2.45, 2.75) is 6.54 Å². The van der Waals surface area contributed by atoms with E-state index in [2.05, 4.69) is 47.8 Å². The molecule has 162 valence electrons. The van der Waals surface area contributed by atoms with Gasteiger partial charge in [-0.05, 0) is 22.9 Å². The first-order chi connectivity index (χ1) is 15.2. The maximum Gasteiger partial charge on any atom is 0.279 e. The van der Waals surface area contributed by atoms with E-state index in [0.717, 1.165) is 32.7 Å². The maximum atomic E-state index is 12.6. The number of fused-ring (bicyclic) bond motifs is 1. The number of benzene rings is 3.